The molecule has 2 rings (SSSR count). The zero-order valence-corrected chi connectivity index (χ0v) is 12.1. The predicted molar refractivity (Wildman–Crippen MR) is 82.0 cm³/mol. The number of nitriles is 3. The quantitative estimate of drug-likeness (QED) is 0.513. The van der Waals surface area contributed by atoms with Crippen LogP contribution in [0.15, 0.2) is 29.5 Å². The van der Waals surface area contributed by atoms with Crippen LogP contribution in [-0.4, -0.2) is 18.0 Å². The van der Waals surface area contributed by atoms with Crippen molar-refractivity contribution in [1.29, 1.82) is 15.8 Å². The van der Waals surface area contributed by atoms with Crippen molar-refractivity contribution in [3.8, 4) is 18.2 Å². The molecule has 0 aliphatic carbocycles. The van der Waals surface area contributed by atoms with Gasteiger partial charge in [0.05, 0.1) is 4.92 Å². The summed E-state index contributed by atoms with van der Waals surface area (Å²) in [5, 5.41) is 40.5. The zero-order chi connectivity index (χ0) is 16.8. The highest BCUT2D eigenvalue weighted by molar-refractivity contribution is 5.73. The fourth-order valence-corrected chi connectivity index (χ4v) is 2.37. The average Bonchev–Trinajstić information content (AvgIpc) is 3.09. The van der Waals surface area contributed by atoms with Gasteiger partial charge in [0.2, 0.25) is 0 Å². The lowest BCUT2D eigenvalue weighted by Crippen LogP contribution is -2.17. The van der Waals surface area contributed by atoms with E-state index in [1.54, 1.807) is 30.3 Å². The number of nitrogens with zero attached hydrogens (tertiary/aromatic N) is 5. The number of nitro benzene ring substituents is 1. The summed E-state index contributed by atoms with van der Waals surface area (Å²) < 4.78 is 0. The predicted octanol–water partition coefficient (Wildman–Crippen LogP) is 2.43. The largest absolute Gasteiger partial charge is 0.371 e. The Labute approximate surface area is 132 Å². The maximum atomic E-state index is 11.2. The Hall–Kier alpha value is -3.57. The van der Waals surface area contributed by atoms with E-state index in [1.165, 1.54) is 6.07 Å². The van der Waals surface area contributed by atoms with Crippen LogP contribution in [0, 0.1) is 44.1 Å². The zero-order valence-electron chi connectivity index (χ0n) is 12.1. The second kappa shape index (κ2) is 6.93. The Kier molecular flexibility index (Phi) is 4.76. The van der Waals surface area contributed by atoms with Crippen LogP contribution >= 0.6 is 0 Å². The summed E-state index contributed by atoms with van der Waals surface area (Å²) in [5.41, 5.74) is -0.0803. The van der Waals surface area contributed by atoms with Crippen LogP contribution in [0.4, 0.5) is 17.1 Å². The molecule has 0 radical (unpaired) electrons. The number of nitro groups is 1. The molecule has 1 N–H and O–H groups in total. The third-order valence-corrected chi connectivity index (χ3v) is 3.49. The van der Waals surface area contributed by atoms with Crippen LogP contribution in [-0.2, 0) is 0 Å². The lowest BCUT2D eigenvalue weighted by molar-refractivity contribution is -0.383. The third kappa shape index (κ3) is 3.37. The minimum absolute atomic E-state index is 0.0824. The Balaban J connectivity index is 2.46. The van der Waals surface area contributed by atoms with Gasteiger partial charge in [0.15, 0.2) is 5.57 Å². The second-order valence-electron chi connectivity index (χ2n) is 4.86. The maximum Gasteiger partial charge on any atom is 0.292 e. The maximum absolute atomic E-state index is 11.2. The molecule has 8 nitrogen and oxygen atoms in total. The Morgan fingerprint density at radius 1 is 1.17 bits per heavy atom. The van der Waals surface area contributed by atoms with Crippen molar-refractivity contribution in [2.24, 2.45) is 0 Å². The van der Waals surface area contributed by atoms with Gasteiger partial charge in [-0.25, -0.2) is 0 Å². The summed E-state index contributed by atoms with van der Waals surface area (Å²) in [4.78, 5) is 12.7. The van der Waals surface area contributed by atoms with E-state index in [-0.39, 0.29) is 17.1 Å². The van der Waals surface area contributed by atoms with Crippen molar-refractivity contribution in [3.63, 3.8) is 0 Å². The van der Waals surface area contributed by atoms with E-state index >= 15 is 0 Å². The summed E-state index contributed by atoms with van der Waals surface area (Å²) >= 11 is 0. The molecule has 1 saturated heterocycles. The van der Waals surface area contributed by atoms with E-state index in [1.807, 2.05) is 0 Å². The van der Waals surface area contributed by atoms with Gasteiger partial charge in [-0.2, -0.15) is 15.8 Å². The molecule has 23 heavy (non-hydrogen) atoms. The molecule has 0 saturated carbocycles. The molecule has 1 aliphatic rings. The van der Waals surface area contributed by atoms with Gasteiger partial charge in [-0.05, 0) is 25.0 Å². The van der Waals surface area contributed by atoms with Crippen molar-refractivity contribution >= 4 is 17.1 Å². The van der Waals surface area contributed by atoms with Gasteiger partial charge in [-0.15, -0.1) is 0 Å². The lowest BCUT2D eigenvalue weighted by atomic mass is 10.2. The van der Waals surface area contributed by atoms with E-state index in [2.05, 4.69) is 10.2 Å². The molecule has 1 heterocycles. The van der Waals surface area contributed by atoms with Crippen LogP contribution in [0.25, 0.3) is 0 Å². The number of nitrogens with one attached hydrogen (secondary N) is 1. The van der Waals surface area contributed by atoms with Crippen molar-refractivity contribution < 1.29 is 4.92 Å². The van der Waals surface area contributed by atoms with Gasteiger partial charge >= 0.3 is 0 Å². The molecule has 0 amide bonds. The van der Waals surface area contributed by atoms with E-state index in [0.717, 1.165) is 31.6 Å². The highest BCUT2D eigenvalue weighted by atomic mass is 16.6. The van der Waals surface area contributed by atoms with E-state index in [4.69, 9.17) is 15.8 Å². The van der Waals surface area contributed by atoms with Crippen LogP contribution in [0.2, 0.25) is 0 Å². The molecule has 0 atom stereocenters. The van der Waals surface area contributed by atoms with E-state index in [9.17, 15) is 10.1 Å². The Morgan fingerprint density at radius 2 is 1.83 bits per heavy atom. The molecular formula is C15H12N6O2. The van der Waals surface area contributed by atoms with Gasteiger partial charge in [0.25, 0.3) is 5.69 Å². The summed E-state index contributed by atoms with van der Waals surface area (Å²) in [6, 6.07) is 9.45. The minimum Gasteiger partial charge on any atom is -0.371 e. The molecule has 0 bridgehead atoms. The molecule has 114 valence electrons. The minimum atomic E-state index is -0.580. The number of hydrogen-bond donors (Lipinski definition) is 1. The molecule has 1 fully saturated rings. The smallest absolute Gasteiger partial charge is 0.292 e. The summed E-state index contributed by atoms with van der Waals surface area (Å²) in [6.07, 6.45) is 2.10. The number of allylic oxidation sites excluding steroid dienone is 2. The molecule has 1 aromatic carbocycles. The molecule has 0 aromatic heterocycles. The van der Waals surface area contributed by atoms with Gasteiger partial charge in [0, 0.05) is 24.8 Å². The van der Waals surface area contributed by atoms with Crippen LogP contribution < -0.4 is 10.2 Å². The molecule has 0 unspecified atom stereocenters. The van der Waals surface area contributed by atoms with Gasteiger partial charge in [-0.3, -0.25) is 10.1 Å². The molecule has 8 heteroatoms. The standard InChI is InChI=1S/C15H12N6O2/c16-8-11(9-17)14(10-18)19-13-7-12(20-5-1-2-6-20)3-4-15(13)21(22)23/h3-4,7,19H,1-2,5-6H2. The topological polar surface area (TPSA) is 130 Å². The lowest BCUT2D eigenvalue weighted by Gasteiger charge is -2.18. The molecule has 1 aliphatic heterocycles. The van der Waals surface area contributed by atoms with Gasteiger partial charge < -0.3 is 10.2 Å². The summed E-state index contributed by atoms with van der Waals surface area (Å²) in [5.74, 6) is 0. The molecule has 0 spiro atoms. The van der Waals surface area contributed by atoms with Crippen molar-refractivity contribution in [2.45, 2.75) is 12.8 Å². The van der Waals surface area contributed by atoms with Gasteiger partial charge in [-0.1, -0.05) is 0 Å². The van der Waals surface area contributed by atoms with Crippen molar-refractivity contribution in [1.82, 2.24) is 0 Å². The van der Waals surface area contributed by atoms with Crippen LogP contribution in [0.3, 0.4) is 0 Å². The monoisotopic (exact) mass is 308 g/mol. The second-order valence-corrected chi connectivity index (χ2v) is 4.86. The number of anilines is 2. The molecular weight excluding hydrogens is 296 g/mol. The Morgan fingerprint density at radius 3 is 2.35 bits per heavy atom. The first-order valence-corrected chi connectivity index (χ1v) is 6.85. The van der Waals surface area contributed by atoms with E-state index < -0.39 is 10.5 Å². The highest BCUT2D eigenvalue weighted by Crippen LogP contribution is 2.32. The first-order valence-electron chi connectivity index (χ1n) is 6.85. The van der Waals surface area contributed by atoms with Gasteiger partial charge in [0.1, 0.15) is 29.6 Å². The fraction of sp³-hybridized carbons (Fsp3) is 0.267. The fourth-order valence-electron chi connectivity index (χ4n) is 2.37. The normalized spacial score (nSPS) is 12.7. The average molecular weight is 308 g/mol. The SMILES string of the molecule is N#CC(C#N)=C(C#N)Nc1cc(N2CCCC2)ccc1[N+](=O)[O-]. The first kappa shape index (κ1) is 15.8. The van der Waals surface area contributed by atoms with Crippen LogP contribution in [0.5, 0.6) is 0 Å². The highest BCUT2D eigenvalue weighted by Gasteiger charge is 2.20. The van der Waals surface area contributed by atoms with Crippen LogP contribution in [0.1, 0.15) is 12.8 Å². The van der Waals surface area contributed by atoms with E-state index in [0.29, 0.717) is 0 Å². The first-order chi connectivity index (χ1) is 11.1. The number of hydrogen-bond acceptors (Lipinski definition) is 7. The summed E-state index contributed by atoms with van der Waals surface area (Å²) in [7, 11) is 0. The third-order valence-electron chi connectivity index (χ3n) is 3.49. The number of rotatable bonds is 4. The van der Waals surface area contributed by atoms with Crippen molar-refractivity contribution in [2.75, 3.05) is 23.3 Å². The Bertz CT molecular complexity index is 772. The summed E-state index contributed by atoms with van der Waals surface area (Å²) in [6.45, 7) is 1.72. The van der Waals surface area contributed by atoms with Crippen molar-refractivity contribution in [3.05, 3.63) is 39.6 Å². The molecule has 1 aromatic rings. The number of benzene rings is 1.